The molecule has 6 nitrogen and oxygen atoms in total. The second-order valence-electron chi connectivity index (χ2n) is 7.83. The average Bonchev–Trinajstić information content (AvgIpc) is 3.12. The number of pyridine rings is 1. The second-order valence-corrected chi connectivity index (χ2v) is 8.71. The van der Waals surface area contributed by atoms with E-state index in [1.54, 1.807) is 22.4 Å². The van der Waals surface area contributed by atoms with Crippen molar-refractivity contribution in [1.29, 1.82) is 0 Å². The lowest BCUT2D eigenvalue weighted by molar-refractivity contribution is 0.0285. The number of carbonyl (C=O) groups is 1. The predicted molar refractivity (Wildman–Crippen MR) is 124 cm³/mol. The SMILES string of the molecule is CCN(CC#Cc1cnc(N)c2c(-c3ccc(N)cc3)csc12)C(=O)OC(C)(C)C. The molecule has 0 aliphatic carbocycles. The van der Waals surface area contributed by atoms with E-state index in [-0.39, 0.29) is 12.6 Å². The summed E-state index contributed by atoms with van der Waals surface area (Å²) in [6.45, 7) is 8.21. The van der Waals surface area contributed by atoms with Crippen LogP contribution in [0.1, 0.15) is 33.3 Å². The Morgan fingerprint density at radius 1 is 1.23 bits per heavy atom. The van der Waals surface area contributed by atoms with Gasteiger partial charge in [0.2, 0.25) is 0 Å². The zero-order valence-corrected chi connectivity index (χ0v) is 18.5. The van der Waals surface area contributed by atoms with E-state index in [0.717, 1.165) is 26.8 Å². The van der Waals surface area contributed by atoms with Crippen LogP contribution in [0.4, 0.5) is 16.3 Å². The number of rotatable bonds is 3. The lowest BCUT2D eigenvalue weighted by Crippen LogP contribution is -2.36. The minimum absolute atomic E-state index is 0.271. The number of nitrogen functional groups attached to an aromatic ring is 2. The Morgan fingerprint density at radius 3 is 2.57 bits per heavy atom. The largest absolute Gasteiger partial charge is 0.444 e. The number of hydrogen-bond acceptors (Lipinski definition) is 6. The Kier molecular flexibility index (Phi) is 6.18. The van der Waals surface area contributed by atoms with Crippen LogP contribution < -0.4 is 11.5 Å². The summed E-state index contributed by atoms with van der Waals surface area (Å²) >= 11 is 1.57. The van der Waals surface area contributed by atoms with E-state index in [0.29, 0.717) is 18.1 Å². The number of nitrogens with two attached hydrogens (primary N) is 2. The normalized spacial score (nSPS) is 11.1. The van der Waals surface area contributed by atoms with Gasteiger partial charge in [0.1, 0.15) is 11.4 Å². The zero-order valence-electron chi connectivity index (χ0n) is 17.7. The van der Waals surface area contributed by atoms with Crippen LogP contribution in [0, 0.1) is 11.8 Å². The first-order valence-electron chi connectivity index (χ1n) is 9.68. The summed E-state index contributed by atoms with van der Waals surface area (Å²) in [5.41, 5.74) is 15.0. The van der Waals surface area contributed by atoms with Gasteiger partial charge in [0, 0.05) is 29.4 Å². The van der Waals surface area contributed by atoms with Gasteiger partial charge in [-0.1, -0.05) is 24.0 Å². The first-order chi connectivity index (χ1) is 14.2. The first-order valence-corrected chi connectivity index (χ1v) is 10.6. The third kappa shape index (κ3) is 4.84. The molecule has 4 N–H and O–H groups in total. The van der Waals surface area contributed by atoms with Crippen LogP contribution in [-0.2, 0) is 4.74 Å². The quantitative estimate of drug-likeness (QED) is 0.470. The van der Waals surface area contributed by atoms with Crippen molar-refractivity contribution in [2.24, 2.45) is 0 Å². The maximum atomic E-state index is 12.3. The van der Waals surface area contributed by atoms with Crippen molar-refractivity contribution in [2.75, 3.05) is 24.6 Å². The van der Waals surface area contributed by atoms with Crippen LogP contribution in [0.5, 0.6) is 0 Å². The molecule has 1 amide bonds. The van der Waals surface area contributed by atoms with Gasteiger partial charge in [0.15, 0.2) is 0 Å². The van der Waals surface area contributed by atoms with Gasteiger partial charge in [-0.25, -0.2) is 9.78 Å². The summed E-state index contributed by atoms with van der Waals surface area (Å²) in [6.07, 6.45) is 1.30. The number of amides is 1. The van der Waals surface area contributed by atoms with Crippen molar-refractivity contribution in [3.63, 3.8) is 0 Å². The van der Waals surface area contributed by atoms with E-state index in [4.69, 9.17) is 16.2 Å². The summed E-state index contributed by atoms with van der Waals surface area (Å²) in [7, 11) is 0. The minimum atomic E-state index is -0.541. The summed E-state index contributed by atoms with van der Waals surface area (Å²) < 4.78 is 6.40. The molecular weight excluding hydrogens is 396 g/mol. The summed E-state index contributed by atoms with van der Waals surface area (Å²) in [4.78, 5) is 18.2. The van der Waals surface area contributed by atoms with E-state index < -0.39 is 5.60 Å². The highest BCUT2D eigenvalue weighted by atomic mass is 32.1. The van der Waals surface area contributed by atoms with Gasteiger partial charge in [-0.2, -0.15) is 0 Å². The average molecular weight is 423 g/mol. The number of aromatic nitrogens is 1. The predicted octanol–water partition coefficient (Wildman–Crippen LogP) is 4.74. The first kappa shape index (κ1) is 21.5. The van der Waals surface area contributed by atoms with E-state index in [2.05, 4.69) is 22.2 Å². The monoisotopic (exact) mass is 422 g/mol. The van der Waals surface area contributed by atoms with Crippen molar-refractivity contribution in [2.45, 2.75) is 33.3 Å². The fraction of sp³-hybridized carbons (Fsp3) is 0.304. The van der Waals surface area contributed by atoms with Gasteiger partial charge in [-0.3, -0.25) is 4.90 Å². The number of nitrogens with zero attached hydrogens (tertiary/aromatic N) is 2. The Morgan fingerprint density at radius 2 is 1.93 bits per heavy atom. The molecule has 0 aliphatic heterocycles. The maximum Gasteiger partial charge on any atom is 0.411 e. The van der Waals surface area contributed by atoms with E-state index >= 15 is 0 Å². The summed E-state index contributed by atoms with van der Waals surface area (Å²) in [6, 6.07) is 7.66. The van der Waals surface area contributed by atoms with Crippen LogP contribution in [0.15, 0.2) is 35.8 Å². The maximum absolute atomic E-state index is 12.3. The number of fused-ring (bicyclic) bond motifs is 1. The van der Waals surface area contributed by atoms with Crippen molar-refractivity contribution in [3.8, 4) is 23.0 Å². The van der Waals surface area contributed by atoms with Gasteiger partial charge in [-0.05, 0) is 50.8 Å². The van der Waals surface area contributed by atoms with E-state index in [9.17, 15) is 4.79 Å². The lowest BCUT2D eigenvalue weighted by Gasteiger charge is -2.25. The molecule has 2 aromatic heterocycles. The van der Waals surface area contributed by atoms with Crippen molar-refractivity contribution in [3.05, 3.63) is 41.4 Å². The van der Waals surface area contributed by atoms with Crippen molar-refractivity contribution in [1.82, 2.24) is 9.88 Å². The van der Waals surface area contributed by atoms with E-state index in [1.165, 1.54) is 0 Å². The molecule has 0 atom stereocenters. The van der Waals surface area contributed by atoms with Gasteiger partial charge in [-0.15, -0.1) is 11.3 Å². The zero-order chi connectivity index (χ0) is 21.9. The van der Waals surface area contributed by atoms with Crippen molar-refractivity contribution >= 4 is 39.0 Å². The Bertz CT molecular complexity index is 1120. The highest BCUT2D eigenvalue weighted by Crippen LogP contribution is 2.38. The Labute approximate surface area is 180 Å². The van der Waals surface area contributed by atoms with Gasteiger partial charge >= 0.3 is 6.09 Å². The molecule has 2 heterocycles. The molecule has 156 valence electrons. The van der Waals surface area contributed by atoms with Gasteiger partial charge in [0.25, 0.3) is 0 Å². The third-order valence-electron chi connectivity index (χ3n) is 4.37. The topological polar surface area (TPSA) is 94.5 Å². The highest BCUT2D eigenvalue weighted by molar-refractivity contribution is 7.18. The van der Waals surface area contributed by atoms with Gasteiger partial charge < -0.3 is 16.2 Å². The summed E-state index contributed by atoms with van der Waals surface area (Å²) in [5, 5.41) is 2.94. The smallest absolute Gasteiger partial charge is 0.411 e. The fourth-order valence-electron chi connectivity index (χ4n) is 2.89. The molecule has 0 fully saturated rings. The molecule has 0 saturated heterocycles. The molecule has 0 aliphatic rings. The van der Waals surface area contributed by atoms with Crippen LogP contribution in [-0.4, -0.2) is 34.7 Å². The minimum Gasteiger partial charge on any atom is -0.444 e. The molecule has 0 unspecified atom stereocenters. The number of benzene rings is 1. The number of thiophene rings is 1. The number of hydrogen-bond donors (Lipinski definition) is 2. The number of anilines is 2. The van der Waals surface area contributed by atoms with Crippen molar-refractivity contribution < 1.29 is 9.53 Å². The Hall–Kier alpha value is -3.24. The standard InChI is InChI=1S/C23H26N4O2S/c1-5-27(22(28)29-23(2,3)4)12-6-7-16-13-26-21(25)19-18(14-30-20(16)19)15-8-10-17(24)11-9-15/h8-11,13-14H,5,12,24H2,1-4H3,(H2,25,26). The molecule has 7 heteroatoms. The highest BCUT2D eigenvalue weighted by Gasteiger charge is 2.20. The third-order valence-corrected chi connectivity index (χ3v) is 5.39. The molecule has 30 heavy (non-hydrogen) atoms. The van der Waals surface area contributed by atoms with E-state index in [1.807, 2.05) is 52.0 Å². The summed E-state index contributed by atoms with van der Waals surface area (Å²) in [5.74, 6) is 6.68. The molecule has 0 spiro atoms. The van der Waals surface area contributed by atoms with Gasteiger partial charge in [0.05, 0.1) is 16.8 Å². The number of carbonyl (C=O) groups excluding carboxylic acids is 1. The fourth-order valence-corrected chi connectivity index (χ4v) is 3.95. The molecule has 3 aromatic rings. The molecule has 0 saturated carbocycles. The number of ether oxygens (including phenoxy) is 1. The molecular formula is C23H26N4O2S. The van der Waals surface area contributed by atoms with Crippen LogP contribution in [0.3, 0.4) is 0 Å². The second kappa shape index (κ2) is 8.64. The molecule has 0 bridgehead atoms. The van der Waals surface area contributed by atoms with Crippen LogP contribution in [0.2, 0.25) is 0 Å². The molecule has 3 rings (SSSR count). The van der Waals surface area contributed by atoms with Crippen LogP contribution >= 0.6 is 11.3 Å². The van der Waals surface area contributed by atoms with Crippen LogP contribution in [0.25, 0.3) is 21.2 Å². The molecule has 1 aromatic carbocycles. The Balaban J connectivity index is 1.89. The lowest BCUT2D eigenvalue weighted by atomic mass is 10.0. The molecule has 0 radical (unpaired) electrons.